The van der Waals surface area contributed by atoms with E-state index >= 15 is 0 Å². The van der Waals surface area contributed by atoms with Gasteiger partial charge in [-0.25, -0.2) is 9.59 Å². The lowest BCUT2D eigenvalue weighted by atomic mass is 9.47. The number of rotatable bonds is 8. The minimum Gasteiger partial charge on any atom is -0.478 e. The Bertz CT molecular complexity index is 828. The van der Waals surface area contributed by atoms with E-state index in [1.54, 1.807) is 11.1 Å². The number of carboxylic acids is 2. The Morgan fingerprint density at radius 1 is 1.24 bits per heavy atom. The first-order valence-electron chi connectivity index (χ1n) is 12.4. The molecule has 7 nitrogen and oxygen atoms in total. The number of nitrogens with two attached hydrogens (primary N) is 1. The maximum absolute atomic E-state index is 9.55. The fourth-order valence-electron chi connectivity index (χ4n) is 6.05. The van der Waals surface area contributed by atoms with Gasteiger partial charge in [0, 0.05) is 23.8 Å². The van der Waals surface area contributed by atoms with Crippen LogP contribution in [0.4, 0.5) is 0 Å². The van der Waals surface area contributed by atoms with Crippen molar-refractivity contribution < 1.29 is 24.6 Å². The average molecular weight is 475 g/mol. The van der Waals surface area contributed by atoms with E-state index < -0.39 is 11.9 Å². The van der Waals surface area contributed by atoms with Crippen LogP contribution in [-0.2, 0) is 14.4 Å². The van der Waals surface area contributed by atoms with Gasteiger partial charge in [0.05, 0.1) is 0 Å². The molecule has 190 valence electrons. The molecule has 4 atom stereocenters. The van der Waals surface area contributed by atoms with Gasteiger partial charge < -0.3 is 20.8 Å². The van der Waals surface area contributed by atoms with Crippen LogP contribution >= 0.6 is 0 Å². The summed E-state index contributed by atoms with van der Waals surface area (Å²) in [5.41, 5.74) is 9.32. The van der Waals surface area contributed by atoms with Crippen molar-refractivity contribution in [3.63, 3.8) is 0 Å². The van der Waals surface area contributed by atoms with Crippen molar-refractivity contribution in [1.82, 2.24) is 0 Å². The topological polar surface area (TPSA) is 122 Å². The van der Waals surface area contributed by atoms with Crippen LogP contribution in [-0.4, -0.2) is 41.5 Å². The molecule has 7 heteroatoms. The van der Waals surface area contributed by atoms with Crippen molar-refractivity contribution in [3.8, 4) is 0 Å². The Morgan fingerprint density at radius 2 is 1.91 bits per heavy atom. The average Bonchev–Trinajstić information content (AvgIpc) is 2.77. The molecule has 3 rings (SSSR count). The molecule has 0 amide bonds. The van der Waals surface area contributed by atoms with E-state index in [2.05, 4.69) is 51.2 Å². The van der Waals surface area contributed by atoms with Crippen LogP contribution < -0.4 is 5.73 Å². The summed E-state index contributed by atoms with van der Waals surface area (Å²) in [6.07, 6.45) is 16.8. The highest BCUT2D eigenvalue weighted by molar-refractivity contribution is 5.89. The number of oxime groups is 1. The quantitative estimate of drug-likeness (QED) is 0.193. The monoisotopic (exact) mass is 474 g/mol. The SMILES string of the molecule is CC(C)C1=CC2=CC[C@@H]3[C@](C)(CCC[C@@]3(C)/C=N/OCCCN)[C@H]2CC1.O=C(O)/C=C/C(=O)O. The van der Waals surface area contributed by atoms with Crippen molar-refractivity contribution in [1.29, 1.82) is 0 Å². The maximum Gasteiger partial charge on any atom is 0.328 e. The van der Waals surface area contributed by atoms with Crippen LogP contribution in [0.2, 0.25) is 0 Å². The summed E-state index contributed by atoms with van der Waals surface area (Å²) in [4.78, 5) is 24.6. The second-order valence-corrected chi connectivity index (χ2v) is 10.5. The van der Waals surface area contributed by atoms with Crippen molar-refractivity contribution in [2.45, 2.75) is 72.6 Å². The highest BCUT2D eigenvalue weighted by Gasteiger charge is 2.53. The zero-order valence-corrected chi connectivity index (χ0v) is 21.1. The lowest BCUT2D eigenvalue weighted by Gasteiger charge is -2.57. The van der Waals surface area contributed by atoms with Crippen LogP contribution in [0.25, 0.3) is 0 Å². The molecule has 1 fully saturated rings. The van der Waals surface area contributed by atoms with Crippen LogP contribution in [0, 0.1) is 28.6 Å². The lowest BCUT2D eigenvalue weighted by Crippen LogP contribution is -2.50. The van der Waals surface area contributed by atoms with Crippen LogP contribution in [0.1, 0.15) is 72.6 Å². The van der Waals surface area contributed by atoms with Gasteiger partial charge >= 0.3 is 11.9 Å². The van der Waals surface area contributed by atoms with Gasteiger partial charge in [-0.3, -0.25) is 0 Å². The fourth-order valence-corrected chi connectivity index (χ4v) is 6.05. The van der Waals surface area contributed by atoms with Gasteiger partial charge in [0.15, 0.2) is 0 Å². The second-order valence-electron chi connectivity index (χ2n) is 10.5. The third-order valence-corrected chi connectivity index (χ3v) is 7.86. The Kier molecular flexibility index (Phi) is 10.1. The molecule has 0 aromatic heterocycles. The Balaban J connectivity index is 0.000000440. The minimum atomic E-state index is -1.26. The number of aliphatic carboxylic acids is 2. The maximum atomic E-state index is 9.55. The first-order valence-corrected chi connectivity index (χ1v) is 12.4. The summed E-state index contributed by atoms with van der Waals surface area (Å²) < 4.78 is 0. The second kappa shape index (κ2) is 12.3. The normalized spacial score (nSPS) is 30.6. The van der Waals surface area contributed by atoms with E-state index in [4.69, 9.17) is 20.8 Å². The summed E-state index contributed by atoms with van der Waals surface area (Å²) >= 11 is 0. The lowest BCUT2D eigenvalue weighted by molar-refractivity contribution is -0.134. The minimum absolute atomic E-state index is 0.139. The van der Waals surface area contributed by atoms with E-state index in [1.807, 2.05) is 0 Å². The fraction of sp³-hybridized carbons (Fsp3) is 0.667. The smallest absolute Gasteiger partial charge is 0.328 e. The molecule has 0 heterocycles. The molecule has 3 aliphatic carbocycles. The van der Waals surface area contributed by atoms with E-state index in [-0.39, 0.29) is 5.41 Å². The highest BCUT2D eigenvalue weighted by atomic mass is 16.6. The molecular formula is C27H42N2O5. The number of carboxylic acid groups (broad SMARTS) is 2. The number of nitrogens with zero attached hydrogens (tertiary/aromatic N) is 1. The van der Waals surface area contributed by atoms with Crippen molar-refractivity contribution >= 4 is 18.2 Å². The predicted octanol–water partition coefficient (Wildman–Crippen LogP) is 5.18. The predicted molar refractivity (Wildman–Crippen MR) is 134 cm³/mol. The molecule has 0 saturated heterocycles. The number of hydrogen-bond acceptors (Lipinski definition) is 5. The molecule has 0 spiro atoms. The molecular weight excluding hydrogens is 432 g/mol. The van der Waals surface area contributed by atoms with Crippen LogP contribution in [0.3, 0.4) is 0 Å². The summed E-state index contributed by atoms with van der Waals surface area (Å²) in [6.45, 7) is 10.9. The highest BCUT2D eigenvalue weighted by Crippen LogP contribution is 2.61. The van der Waals surface area contributed by atoms with E-state index in [1.165, 1.54) is 38.5 Å². The molecule has 0 unspecified atom stereocenters. The van der Waals surface area contributed by atoms with Gasteiger partial charge in [-0.2, -0.15) is 0 Å². The van der Waals surface area contributed by atoms with Crippen molar-refractivity contribution in [3.05, 3.63) is 35.5 Å². The van der Waals surface area contributed by atoms with Gasteiger partial charge in [0.25, 0.3) is 0 Å². The summed E-state index contributed by atoms with van der Waals surface area (Å²) in [5, 5.41) is 20.0. The summed E-state index contributed by atoms with van der Waals surface area (Å²) in [5.74, 6) is -0.458. The van der Waals surface area contributed by atoms with E-state index in [9.17, 15) is 9.59 Å². The molecule has 4 N–H and O–H groups in total. The zero-order valence-electron chi connectivity index (χ0n) is 21.1. The molecule has 34 heavy (non-hydrogen) atoms. The van der Waals surface area contributed by atoms with Crippen LogP contribution in [0.15, 0.2) is 40.6 Å². The molecule has 1 saturated carbocycles. The largest absolute Gasteiger partial charge is 0.478 e. The first kappa shape index (κ1) is 27.8. The molecule has 3 aliphatic rings. The number of allylic oxidation sites excluding steroid dienone is 4. The van der Waals surface area contributed by atoms with Gasteiger partial charge in [0.2, 0.25) is 0 Å². The van der Waals surface area contributed by atoms with Gasteiger partial charge in [-0.05, 0) is 73.8 Å². The van der Waals surface area contributed by atoms with Crippen LogP contribution in [0.5, 0.6) is 0 Å². The van der Waals surface area contributed by atoms with Gasteiger partial charge in [-0.1, -0.05) is 57.0 Å². The van der Waals surface area contributed by atoms with Gasteiger partial charge in [0.1, 0.15) is 6.61 Å². The molecule has 0 aliphatic heterocycles. The third kappa shape index (κ3) is 7.05. The third-order valence-electron chi connectivity index (χ3n) is 7.86. The van der Waals surface area contributed by atoms with Crippen molar-refractivity contribution in [2.24, 2.45) is 39.5 Å². The first-order chi connectivity index (χ1) is 16.0. The Labute approximate surface area is 203 Å². The number of hydrogen-bond donors (Lipinski definition) is 3. The standard InChI is InChI=1S/C23H38N2O.C4H4O4/c1-17(2)18-7-9-20-19(15-18)8-10-21-22(3,11-5-12-23(20,21)4)16-25-26-14-6-13-24;5-3(6)1-2-4(7)8/h8,15-17,20-21H,5-7,9-14,24H2,1-4H3;1-2H,(H,5,6)(H,7,8)/b25-16+;2-1+/t20-,21-,22-,23+;/m0./s1. The number of fused-ring (bicyclic) bond motifs is 3. The summed E-state index contributed by atoms with van der Waals surface area (Å²) in [7, 11) is 0. The van der Waals surface area contributed by atoms with Crippen molar-refractivity contribution in [2.75, 3.05) is 13.2 Å². The molecule has 0 radical (unpaired) electrons. The van der Waals surface area contributed by atoms with E-state index in [0.717, 1.165) is 12.3 Å². The molecule has 0 bridgehead atoms. The summed E-state index contributed by atoms with van der Waals surface area (Å²) in [6, 6.07) is 0. The zero-order chi connectivity index (χ0) is 25.4. The Morgan fingerprint density at radius 3 is 2.50 bits per heavy atom. The molecule has 0 aromatic carbocycles. The molecule has 0 aromatic rings. The Hall–Kier alpha value is -2.41. The van der Waals surface area contributed by atoms with E-state index in [0.29, 0.717) is 42.6 Å². The number of carbonyl (C=O) groups is 2. The van der Waals surface area contributed by atoms with Gasteiger partial charge in [-0.15, -0.1) is 0 Å².